The van der Waals surface area contributed by atoms with Gasteiger partial charge in [-0.05, 0) is 38.5 Å². The Morgan fingerprint density at radius 3 is 2.33 bits per heavy atom. The van der Waals surface area contributed by atoms with Crippen molar-refractivity contribution in [1.82, 2.24) is 0 Å². The molecule has 1 atom stereocenters. The Hall–Kier alpha value is -0.380. The van der Waals surface area contributed by atoms with E-state index in [1.807, 2.05) is 31.2 Å². The van der Waals surface area contributed by atoms with Crippen molar-refractivity contribution >= 4 is 15.9 Å². The predicted molar refractivity (Wildman–Crippen MR) is 65.6 cm³/mol. The minimum absolute atomic E-state index is 0.506. The summed E-state index contributed by atoms with van der Waals surface area (Å²) in [5.41, 5.74) is 0.202. The van der Waals surface area contributed by atoms with Gasteiger partial charge in [0.2, 0.25) is 0 Å². The molecule has 0 aliphatic heterocycles. The van der Waals surface area contributed by atoms with Crippen LogP contribution in [0.2, 0.25) is 0 Å². The first-order valence-electron chi connectivity index (χ1n) is 5.23. The van der Waals surface area contributed by atoms with E-state index in [4.69, 9.17) is 0 Å². The molecule has 3 heteroatoms. The molecule has 0 aromatic heterocycles. The number of halogens is 1. The second kappa shape index (κ2) is 5.10. The van der Waals surface area contributed by atoms with E-state index >= 15 is 0 Å². The number of benzene rings is 1. The van der Waals surface area contributed by atoms with E-state index in [1.165, 1.54) is 0 Å². The first kappa shape index (κ1) is 12.7. The van der Waals surface area contributed by atoms with Crippen molar-refractivity contribution in [3.8, 4) is 0 Å². The number of nitrogens with two attached hydrogens (primary N) is 1. The van der Waals surface area contributed by atoms with Crippen LogP contribution in [0.1, 0.15) is 26.3 Å². The van der Waals surface area contributed by atoms with Gasteiger partial charge in [0.15, 0.2) is 0 Å². The van der Waals surface area contributed by atoms with Crippen LogP contribution in [0, 0.1) is 0 Å². The maximum Gasteiger partial charge on any atom is 0.135 e. The number of hydrogen-bond acceptors (Lipinski definition) is 1. The molecular weight excluding hydrogens is 254 g/mol. The third-order valence-electron chi connectivity index (χ3n) is 2.45. The smallest absolute Gasteiger partial charge is 0.135 e. The highest BCUT2D eigenvalue weighted by Crippen LogP contribution is 2.20. The molecule has 0 heterocycles. The number of hydrogen-bond donors (Lipinski definition) is 2. The molecular formula is C12H19BrNO+. The highest BCUT2D eigenvalue weighted by Gasteiger charge is 2.25. The maximum atomic E-state index is 10.3. The lowest BCUT2D eigenvalue weighted by atomic mass is 9.96. The molecule has 1 rings (SSSR count). The topological polar surface area (TPSA) is 36.8 Å². The first-order valence-corrected chi connectivity index (χ1v) is 6.03. The Kier molecular flexibility index (Phi) is 4.32. The molecule has 0 spiro atoms. The van der Waals surface area contributed by atoms with Gasteiger partial charge in [0, 0.05) is 4.47 Å². The van der Waals surface area contributed by atoms with Gasteiger partial charge in [-0.1, -0.05) is 28.1 Å². The normalized spacial score (nSPS) is 15.3. The Bertz CT molecular complexity index is 306. The first-order chi connectivity index (χ1) is 6.92. The van der Waals surface area contributed by atoms with Gasteiger partial charge in [-0.3, -0.25) is 0 Å². The molecule has 15 heavy (non-hydrogen) atoms. The third kappa shape index (κ3) is 3.93. The molecule has 0 aliphatic carbocycles. The summed E-state index contributed by atoms with van der Waals surface area (Å²) in [6.07, 6.45) is 0. The van der Waals surface area contributed by atoms with E-state index in [1.54, 1.807) is 0 Å². The predicted octanol–water partition coefficient (Wildman–Crippen LogP) is 1.63. The summed E-state index contributed by atoms with van der Waals surface area (Å²) < 4.78 is 1.04. The molecule has 0 unspecified atom stereocenters. The standard InChI is InChI=1S/C12H18BrNO/c1-9(2)14-8-12(3,15)10-4-6-11(13)7-5-10/h4-7,9,14-15H,8H2,1-3H3/p+1/t12-/m0/s1. The van der Waals surface area contributed by atoms with E-state index in [2.05, 4.69) is 35.1 Å². The fraction of sp³-hybridized carbons (Fsp3) is 0.500. The molecule has 0 bridgehead atoms. The van der Waals surface area contributed by atoms with Crippen LogP contribution in [-0.2, 0) is 5.60 Å². The van der Waals surface area contributed by atoms with Crippen LogP contribution in [0.4, 0.5) is 0 Å². The zero-order chi connectivity index (χ0) is 11.5. The lowest BCUT2D eigenvalue weighted by Crippen LogP contribution is -2.91. The van der Waals surface area contributed by atoms with Crippen molar-refractivity contribution in [2.75, 3.05) is 6.54 Å². The lowest BCUT2D eigenvalue weighted by molar-refractivity contribution is -0.695. The SMILES string of the molecule is CC(C)[NH2+]C[C@](C)(O)c1ccc(Br)cc1. The minimum atomic E-state index is -0.759. The van der Waals surface area contributed by atoms with Crippen LogP contribution in [0.15, 0.2) is 28.7 Å². The molecule has 1 aromatic rings. The average molecular weight is 273 g/mol. The Morgan fingerprint density at radius 1 is 1.33 bits per heavy atom. The molecule has 1 aromatic carbocycles. The highest BCUT2D eigenvalue weighted by molar-refractivity contribution is 9.10. The molecule has 2 nitrogen and oxygen atoms in total. The molecule has 0 radical (unpaired) electrons. The minimum Gasteiger partial charge on any atom is -0.380 e. The van der Waals surface area contributed by atoms with E-state index in [0.29, 0.717) is 12.6 Å². The van der Waals surface area contributed by atoms with Crippen molar-refractivity contribution in [2.45, 2.75) is 32.4 Å². The van der Waals surface area contributed by atoms with Crippen molar-refractivity contribution in [2.24, 2.45) is 0 Å². The van der Waals surface area contributed by atoms with Gasteiger partial charge in [0.1, 0.15) is 12.1 Å². The van der Waals surface area contributed by atoms with Crippen LogP contribution in [-0.4, -0.2) is 17.7 Å². The summed E-state index contributed by atoms with van der Waals surface area (Å²) in [5, 5.41) is 12.4. The van der Waals surface area contributed by atoms with Gasteiger partial charge in [-0.15, -0.1) is 0 Å². The zero-order valence-corrected chi connectivity index (χ0v) is 11.1. The molecule has 84 valence electrons. The van der Waals surface area contributed by atoms with E-state index in [0.717, 1.165) is 10.0 Å². The van der Waals surface area contributed by atoms with Gasteiger partial charge in [0.05, 0.1) is 6.04 Å². The van der Waals surface area contributed by atoms with Gasteiger partial charge in [-0.2, -0.15) is 0 Å². The quantitative estimate of drug-likeness (QED) is 0.859. The van der Waals surface area contributed by atoms with Crippen LogP contribution in [0.3, 0.4) is 0 Å². The summed E-state index contributed by atoms with van der Waals surface area (Å²) in [4.78, 5) is 0. The highest BCUT2D eigenvalue weighted by atomic mass is 79.9. The van der Waals surface area contributed by atoms with Crippen LogP contribution in [0.5, 0.6) is 0 Å². The van der Waals surface area contributed by atoms with Crippen molar-refractivity contribution in [1.29, 1.82) is 0 Å². The fourth-order valence-electron chi connectivity index (χ4n) is 1.39. The molecule has 0 saturated heterocycles. The molecule has 3 N–H and O–H groups in total. The second-order valence-corrected chi connectivity index (χ2v) is 5.38. The summed E-state index contributed by atoms with van der Waals surface area (Å²) in [5.74, 6) is 0. The third-order valence-corrected chi connectivity index (χ3v) is 2.98. The number of quaternary nitrogens is 1. The lowest BCUT2D eigenvalue weighted by Gasteiger charge is -2.23. The van der Waals surface area contributed by atoms with E-state index in [9.17, 15) is 5.11 Å². The summed E-state index contributed by atoms with van der Waals surface area (Å²) in [6.45, 7) is 6.79. The van der Waals surface area contributed by atoms with E-state index < -0.39 is 5.60 Å². The van der Waals surface area contributed by atoms with Gasteiger partial charge >= 0.3 is 0 Å². The molecule has 0 aliphatic rings. The van der Waals surface area contributed by atoms with Crippen LogP contribution < -0.4 is 5.32 Å². The zero-order valence-electron chi connectivity index (χ0n) is 9.50. The van der Waals surface area contributed by atoms with Crippen molar-refractivity contribution in [3.05, 3.63) is 34.3 Å². The van der Waals surface area contributed by atoms with E-state index in [-0.39, 0.29) is 0 Å². The second-order valence-electron chi connectivity index (χ2n) is 4.46. The maximum absolute atomic E-state index is 10.3. The summed E-state index contributed by atoms with van der Waals surface area (Å²) in [7, 11) is 0. The number of rotatable bonds is 4. The van der Waals surface area contributed by atoms with Gasteiger partial charge in [0.25, 0.3) is 0 Å². The molecule has 0 amide bonds. The Balaban J connectivity index is 2.72. The number of aliphatic hydroxyl groups is 1. The van der Waals surface area contributed by atoms with Gasteiger partial charge < -0.3 is 10.4 Å². The van der Waals surface area contributed by atoms with Crippen molar-refractivity contribution in [3.63, 3.8) is 0 Å². The van der Waals surface area contributed by atoms with Crippen molar-refractivity contribution < 1.29 is 10.4 Å². The van der Waals surface area contributed by atoms with Crippen LogP contribution in [0.25, 0.3) is 0 Å². The average Bonchev–Trinajstić information content (AvgIpc) is 2.16. The Morgan fingerprint density at radius 2 is 1.87 bits per heavy atom. The molecule has 0 saturated carbocycles. The summed E-state index contributed by atoms with van der Waals surface area (Å²) in [6, 6.07) is 8.33. The Labute approximate surface area is 99.8 Å². The summed E-state index contributed by atoms with van der Waals surface area (Å²) >= 11 is 3.38. The van der Waals surface area contributed by atoms with Crippen LogP contribution >= 0.6 is 15.9 Å². The largest absolute Gasteiger partial charge is 0.380 e. The fourth-order valence-corrected chi connectivity index (χ4v) is 1.66. The molecule has 0 fully saturated rings. The monoisotopic (exact) mass is 272 g/mol. The van der Waals surface area contributed by atoms with Gasteiger partial charge in [-0.25, -0.2) is 0 Å².